The smallest absolute Gasteiger partial charge is 0.336 e. The summed E-state index contributed by atoms with van der Waals surface area (Å²) in [7, 11) is 1.27. The number of dihydropyridines is 1. The summed E-state index contributed by atoms with van der Waals surface area (Å²) < 4.78 is 21.4. The monoisotopic (exact) mass is 431 g/mol. The van der Waals surface area contributed by atoms with Crippen LogP contribution in [0.15, 0.2) is 39.1 Å². The molecule has 0 fully saturated rings. The molecule has 8 heteroatoms. The van der Waals surface area contributed by atoms with E-state index in [0.29, 0.717) is 41.5 Å². The van der Waals surface area contributed by atoms with E-state index in [1.54, 1.807) is 26.0 Å². The molecule has 0 unspecified atom stereocenters. The van der Waals surface area contributed by atoms with Crippen molar-refractivity contribution < 1.29 is 33.0 Å². The Morgan fingerprint density at radius 1 is 1.23 bits per heavy atom. The number of hydrogen-bond donors (Lipinski definition) is 1. The van der Waals surface area contributed by atoms with Crippen molar-refractivity contribution in [2.75, 3.05) is 26.9 Å². The van der Waals surface area contributed by atoms with Crippen molar-refractivity contribution in [1.29, 1.82) is 0 Å². The molecule has 1 aromatic heterocycles. The average molecular weight is 431 g/mol. The lowest BCUT2D eigenvalue weighted by Crippen LogP contribution is -2.43. The molecular weight excluding hydrogens is 402 g/mol. The summed E-state index contributed by atoms with van der Waals surface area (Å²) in [5.41, 5.74) is 1.93. The minimum absolute atomic E-state index is 0.0923. The molecule has 0 radical (unpaired) electrons. The van der Waals surface area contributed by atoms with Gasteiger partial charge in [-0.15, -0.1) is 0 Å². The van der Waals surface area contributed by atoms with Gasteiger partial charge in [-0.3, -0.25) is 9.59 Å². The summed E-state index contributed by atoms with van der Waals surface area (Å²) >= 11 is 0. The molecule has 2 aliphatic rings. The number of rotatable bonds is 7. The van der Waals surface area contributed by atoms with Gasteiger partial charge in [0.15, 0.2) is 5.78 Å². The fourth-order valence-electron chi connectivity index (χ4n) is 4.26. The van der Waals surface area contributed by atoms with Crippen LogP contribution in [0.4, 0.5) is 0 Å². The highest BCUT2D eigenvalue weighted by atomic mass is 16.6. The van der Waals surface area contributed by atoms with Gasteiger partial charge in [0.2, 0.25) is 0 Å². The first-order valence-corrected chi connectivity index (χ1v) is 10.4. The van der Waals surface area contributed by atoms with Crippen LogP contribution in [0.5, 0.6) is 0 Å². The van der Waals surface area contributed by atoms with Gasteiger partial charge >= 0.3 is 11.9 Å². The first-order valence-electron chi connectivity index (χ1n) is 10.4. The Labute approximate surface area is 181 Å². The first-order chi connectivity index (χ1) is 14.8. The van der Waals surface area contributed by atoms with Gasteiger partial charge in [-0.2, -0.15) is 0 Å². The van der Waals surface area contributed by atoms with Crippen LogP contribution < -0.4 is 5.32 Å². The van der Waals surface area contributed by atoms with E-state index in [1.807, 2.05) is 13.8 Å². The highest BCUT2D eigenvalue weighted by molar-refractivity contribution is 6.12. The molecule has 0 spiro atoms. The van der Waals surface area contributed by atoms with Gasteiger partial charge in [0.05, 0.1) is 25.2 Å². The van der Waals surface area contributed by atoms with Crippen molar-refractivity contribution in [2.45, 2.75) is 40.0 Å². The third-order valence-electron chi connectivity index (χ3n) is 5.67. The fraction of sp³-hybridized carbons (Fsp3) is 0.522. The highest BCUT2D eigenvalue weighted by Crippen LogP contribution is 2.45. The van der Waals surface area contributed by atoms with E-state index in [-0.39, 0.29) is 30.5 Å². The van der Waals surface area contributed by atoms with E-state index in [0.717, 1.165) is 0 Å². The maximum absolute atomic E-state index is 13.5. The average Bonchev–Trinajstić information content (AvgIpc) is 3.15. The lowest BCUT2D eigenvalue weighted by Gasteiger charge is -2.37. The Balaban J connectivity index is 2.03. The Morgan fingerprint density at radius 3 is 2.58 bits per heavy atom. The van der Waals surface area contributed by atoms with E-state index in [2.05, 4.69) is 5.32 Å². The third kappa shape index (κ3) is 4.44. The summed E-state index contributed by atoms with van der Waals surface area (Å²) in [6.07, 6.45) is 0.473. The van der Waals surface area contributed by atoms with Crippen molar-refractivity contribution in [3.05, 3.63) is 46.2 Å². The van der Waals surface area contributed by atoms with Gasteiger partial charge in [-0.1, -0.05) is 6.92 Å². The fourth-order valence-corrected chi connectivity index (χ4v) is 4.26. The zero-order chi connectivity index (χ0) is 22.7. The Kier molecular flexibility index (Phi) is 7.00. The maximum atomic E-state index is 13.5. The number of allylic oxidation sites excluding steroid dienone is 3. The van der Waals surface area contributed by atoms with Crippen molar-refractivity contribution in [3.8, 4) is 0 Å². The Bertz CT molecular complexity index is 939. The SMILES string of the molecule is CCOCCOC(=O)C1=C(C)NC2=C(C(=O)[C@@H](C(=O)OC)[C@H](C)C2)[C@H]1c1ccc(C)o1. The van der Waals surface area contributed by atoms with Crippen molar-refractivity contribution >= 4 is 17.7 Å². The van der Waals surface area contributed by atoms with Crippen molar-refractivity contribution in [1.82, 2.24) is 5.32 Å². The van der Waals surface area contributed by atoms with Crippen LogP contribution in [0, 0.1) is 18.8 Å². The molecule has 1 aliphatic carbocycles. The number of hydrogen-bond acceptors (Lipinski definition) is 8. The molecule has 0 saturated heterocycles. The third-order valence-corrected chi connectivity index (χ3v) is 5.67. The van der Waals surface area contributed by atoms with E-state index in [1.165, 1.54) is 7.11 Å². The second-order valence-corrected chi connectivity index (χ2v) is 7.82. The lowest BCUT2D eigenvalue weighted by atomic mass is 9.70. The second-order valence-electron chi connectivity index (χ2n) is 7.82. The molecule has 0 amide bonds. The summed E-state index contributed by atoms with van der Waals surface area (Å²) in [5.74, 6) is -2.33. The summed E-state index contributed by atoms with van der Waals surface area (Å²) in [4.78, 5) is 38.9. The molecule has 1 aliphatic heterocycles. The van der Waals surface area contributed by atoms with Crippen LogP contribution in [0.3, 0.4) is 0 Å². The van der Waals surface area contributed by atoms with E-state index >= 15 is 0 Å². The largest absolute Gasteiger partial charge is 0.468 e. The van der Waals surface area contributed by atoms with Crippen LogP contribution in [0.25, 0.3) is 0 Å². The maximum Gasteiger partial charge on any atom is 0.336 e. The Hall–Kier alpha value is -2.87. The molecule has 31 heavy (non-hydrogen) atoms. The van der Waals surface area contributed by atoms with Gasteiger partial charge in [0.25, 0.3) is 0 Å². The van der Waals surface area contributed by atoms with Crippen LogP contribution in [0.2, 0.25) is 0 Å². The predicted molar refractivity (Wildman–Crippen MR) is 111 cm³/mol. The molecule has 3 atom stereocenters. The van der Waals surface area contributed by atoms with Crippen LogP contribution in [-0.2, 0) is 28.6 Å². The minimum atomic E-state index is -0.933. The molecule has 168 valence electrons. The predicted octanol–water partition coefficient (Wildman–Crippen LogP) is 2.78. The summed E-state index contributed by atoms with van der Waals surface area (Å²) in [5, 5.41) is 3.21. The van der Waals surface area contributed by atoms with Gasteiger partial charge < -0.3 is 23.9 Å². The molecule has 3 rings (SSSR count). The second kappa shape index (κ2) is 9.51. The van der Waals surface area contributed by atoms with E-state index in [4.69, 9.17) is 18.6 Å². The number of furan rings is 1. The van der Waals surface area contributed by atoms with Crippen LogP contribution in [0.1, 0.15) is 44.6 Å². The van der Waals surface area contributed by atoms with Crippen LogP contribution in [-0.4, -0.2) is 44.7 Å². The molecule has 0 bridgehead atoms. The summed E-state index contributed by atoms with van der Waals surface area (Å²) in [6, 6.07) is 3.52. The van der Waals surface area contributed by atoms with Crippen molar-refractivity contribution in [3.63, 3.8) is 0 Å². The molecule has 1 N–H and O–H groups in total. The molecule has 1 aromatic rings. The molecule has 2 heterocycles. The normalized spacial score (nSPS) is 23.4. The molecule has 0 aromatic carbocycles. The van der Waals surface area contributed by atoms with Gasteiger partial charge in [-0.25, -0.2) is 4.79 Å². The Morgan fingerprint density at radius 2 is 1.97 bits per heavy atom. The molecule has 0 saturated carbocycles. The number of aryl methyl sites for hydroxylation is 1. The number of esters is 2. The molecular formula is C23H29NO7. The summed E-state index contributed by atoms with van der Waals surface area (Å²) in [6.45, 7) is 8.15. The van der Waals surface area contributed by atoms with Gasteiger partial charge in [0.1, 0.15) is 24.0 Å². The van der Waals surface area contributed by atoms with Gasteiger partial charge in [0, 0.05) is 23.6 Å². The van der Waals surface area contributed by atoms with E-state index < -0.39 is 23.8 Å². The zero-order valence-corrected chi connectivity index (χ0v) is 18.6. The number of carbonyl (C=O) groups is 3. The van der Waals surface area contributed by atoms with Gasteiger partial charge in [-0.05, 0) is 45.2 Å². The van der Waals surface area contributed by atoms with Crippen molar-refractivity contribution in [2.24, 2.45) is 11.8 Å². The topological polar surface area (TPSA) is 104 Å². The number of Topliss-reactive ketones (excluding diaryl/α,β-unsaturated/α-hetero) is 1. The lowest BCUT2D eigenvalue weighted by molar-refractivity contribution is -0.151. The number of ether oxygens (including phenoxy) is 3. The first kappa shape index (κ1) is 22.8. The quantitative estimate of drug-likeness (QED) is 0.399. The number of methoxy groups -OCH3 is 1. The standard InChI is InChI=1S/C23H29NO7/c1-6-29-9-10-30-23(27)18-14(4)24-15-11-12(2)17(22(26)28-5)21(25)19(15)20(18)16-8-7-13(3)31-16/h7-8,12,17,20,24H,6,9-11H2,1-5H3/t12-,17+,20+/m1/s1. The van der Waals surface area contributed by atoms with E-state index in [9.17, 15) is 14.4 Å². The highest BCUT2D eigenvalue weighted by Gasteiger charge is 2.48. The van der Waals surface area contributed by atoms with Crippen LogP contribution >= 0.6 is 0 Å². The zero-order valence-electron chi connectivity index (χ0n) is 18.6. The number of ketones is 1. The molecule has 8 nitrogen and oxygen atoms in total. The number of nitrogens with one attached hydrogen (secondary N) is 1. The minimum Gasteiger partial charge on any atom is -0.468 e. The number of carbonyl (C=O) groups excluding carboxylic acids is 3.